The van der Waals surface area contributed by atoms with Gasteiger partial charge in [-0.05, 0) is 25.3 Å². The zero-order chi connectivity index (χ0) is 15.6. The van der Waals surface area contributed by atoms with E-state index in [1.807, 2.05) is 0 Å². The Labute approximate surface area is 124 Å². The predicted molar refractivity (Wildman–Crippen MR) is 73.8 cm³/mol. The van der Waals surface area contributed by atoms with E-state index < -0.39 is 18.2 Å². The Bertz CT molecular complexity index is 593. The molecule has 0 bridgehead atoms. The Balaban J connectivity index is 2.51. The summed E-state index contributed by atoms with van der Waals surface area (Å²) in [5, 5.41) is 22.4. The molecule has 0 atom stereocenters. The van der Waals surface area contributed by atoms with E-state index in [2.05, 4.69) is 5.32 Å². The quantitative estimate of drug-likeness (QED) is 0.735. The summed E-state index contributed by atoms with van der Waals surface area (Å²) < 4.78 is 9.67. The lowest BCUT2D eigenvalue weighted by atomic mass is 9.96. The fourth-order valence-corrected chi connectivity index (χ4v) is 2.95. The third-order valence-electron chi connectivity index (χ3n) is 2.86. The van der Waals surface area contributed by atoms with Crippen LogP contribution in [0, 0.1) is 0 Å². The van der Waals surface area contributed by atoms with Crippen LogP contribution in [0.3, 0.4) is 0 Å². The van der Waals surface area contributed by atoms with Gasteiger partial charge in [-0.3, -0.25) is 0 Å². The first kappa shape index (κ1) is 14.9. The molecule has 1 aliphatic heterocycles. The molecule has 1 aromatic heterocycles. The summed E-state index contributed by atoms with van der Waals surface area (Å²) in [5.74, 6) is -0.503. The first-order valence-electron chi connectivity index (χ1n) is 5.93. The van der Waals surface area contributed by atoms with E-state index in [4.69, 9.17) is 19.7 Å². The monoisotopic (exact) mass is 311 g/mol. The van der Waals surface area contributed by atoms with Crippen LogP contribution in [0.5, 0.6) is 0 Å². The molecule has 112 valence electrons. The van der Waals surface area contributed by atoms with Gasteiger partial charge in [-0.2, -0.15) is 0 Å². The SMILES string of the molecule is CC1=C(OC(=O)O)C(c2cccs2)C(OC(=O)O)=C(C)N1. The van der Waals surface area contributed by atoms with E-state index in [-0.39, 0.29) is 11.5 Å². The molecule has 0 saturated carbocycles. The van der Waals surface area contributed by atoms with Crippen molar-refractivity contribution in [1.29, 1.82) is 0 Å². The van der Waals surface area contributed by atoms with Crippen molar-refractivity contribution in [1.82, 2.24) is 5.32 Å². The molecule has 0 aromatic carbocycles. The Morgan fingerprint density at radius 2 is 1.67 bits per heavy atom. The minimum Gasteiger partial charge on any atom is -0.449 e. The Morgan fingerprint density at radius 3 is 2.05 bits per heavy atom. The van der Waals surface area contributed by atoms with Gasteiger partial charge in [-0.1, -0.05) is 6.07 Å². The van der Waals surface area contributed by atoms with Gasteiger partial charge in [0.05, 0.1) is 11.4 Å². The molecule has 2 heterocycles. The summed E-state index contributed by atoms with van der Waals surface area (Å²) in [5.41, 5.74) is 0.983. The number of hydrogen-bond acceptors (Lipinski definition) is 6. The van der Waals surface area contributed by atoms with Crippen LogP contribution in [0.25, 0.3) is 0 Å². The summed E-state index contributed by atoms with van der Waals surface area (Å²) in [7, 11) is 0. The van der Waals surface area contributed by atoms with Gasteiger partial charge in [0.1, 0.15) is 17.4 Å². The average Bonchev–Trinajstić information content (AvgIpc) is 2.88. The summed E-state index contributed by atoms with van der Waals surface area (Å²) in [6.07, 6.45) is -2.94. The highest BCUT2D eigenvalue weighted by Gasteiger charge is 2.35. The Kier molecular flexibility index (Phi) is 4.18. The topological polar surface area (TPSA) is 105 Å². The molecule has 3 N–H and O–H groups in total. The van der Waals surface area contributed by atoms with Crippen LogP contribution in [-0.2, 0) is 9.47 Å². The largest absolute Gasteiger partial charge is 0.511 e. The molecule has 1 aliphatic rings. The van der Waals surface area contributed by atoms with Crippen LogP contribution in [0.15, 0.2) is 40.4 Å². The number of nitrogens with one attached hydrogen (secondary N) is 1. The first-order chi connectivity index (χ1) is 9.90. The van der Waals surface area contributed by atoms with Crippen LogP contribution in [0.1, 0.15) is 24.6 Å². The minimum absolute atomic E-state index is 0.104. The molecular formula is C13H13NO6S. The van der Waals surface area contributed by atoms with Crippen molar-refractivity contribution < 1.29 is 29.3 Å². The van der Waals surface area contributed by atoms with Crippen molar-refractivity contribution in [2.24, 2.45) is 0 Å². The summed E-state index contributed by atoms with van der Waals surface area (Å²) in [6, 6.07) is 3.54. The lowest BCUT2D eigenvalue weighted by Crippen LogP contribution is -2.28. The van der Waals surface area contributed by atoms with Gasteiger partial charge < -0.3 is 25.0 Å². The van der Waals surface area contributed by atoms with E-state index >= 15 is 0 Å². The zero-order valence-corrected chi connectivity index (χ0v) is 12.1. The maximum Gasteiger partial charge on any atom is 0.511 e. The zero-order valence-electron chi connectivity index (χ0n) is 11.2. The van der Waals surface area contributed by atoms with Crippen molar-refractivity contribution in [2.45, 2.75) is 19.8 Å². The third-order valence-corrected chi connectivity index (χ3v) is 3.80. The number of carboxylic acid groups (broad SMARTS) is 2. The molecule has 0 unspecified atom stereocenters. The van der Waals surface area contributed by atoms with Gasteiger partial charge in [0.25, 0.3) is 0 Å². The summed E-state index contributed by atoms with van der Waals surface area (Å²) in [6.45, 7) is 3.31. The first-order valence-corrected chi connectivity index (χ1v) is 6.81. The van der Waals surface area contributed by atoms with Crippen molar-refractivity contribution in [3.05, 3.63) is 45.3 Å². The maximum absolute atomic E-state index is 10.9. The minimum atomic E-state index is -1.47. The molecule has 2 rings (SSSR count). The molecule has 0 spiro atoms. The van der Waals surface area contributed by atoms with Crippen LogP contribution in [-0.4, -0.2) is 22.5 Å². The van der Waals surface area contributed by atoms with Gasteiger partial charge in [0, 0.05) is 4.88 Å². The van der Waals surface area contributed by atoms with Gasteiger partial charge in [0.15, 0.2) is 0 Å². The van der Waals surface area contributed by atoms with Crippen LogP contribution in [0.2, 0.25) is 0 Å². The average molecular weight is 311 g/mol. The fourth-order valence-electron chi connectivity index (χ4n) is 2.13. The van der Waals surface area contributed by atoms with Gasteiger partial charge in [-0.15, -0.1) is 11.3 Å². The molecule has 0 fully saturated rings. The number of carbonyl (C=O) groups is 2. The van der Waals surface area contributed by atoms with Gasteiger partial charge in [0.2, 0.25) is 0 Å². The van der Waals surface area contributed by atoms with Crippen molar-refractivity contribution in [2.75, 3.05) is 0 Å². The smallest absolute Gasteiger partial charge is 0.449 e. The van der Waals surface area contributed by atoms with E-state index in [0.717, 1.165) is 4.88 Å². The molecular weight excluding hydrogens is 298 g/mol. The van der Waals surface area contributed by atoms with Crippen molar-refractivity contribution in [3.63, 3.8) is 0 Å². The highest BCUT2D eigenvalue weighted by atomic mass is 32.1. The second kappa shape index (κ2) is 5.88. The molecule has 0 amide bonds. The Hall–Kier alpha value is -2.48. The maximum atomic E-state index is 10.9. The van der Waals surface area contributed by atoms with Crippen LogP contribution < -0.4 is 5.32 Å². The third kappa shape index (κ3) is 3.16. The highest BCUT2D eigenvalue weighted by molar-refractivity contribution is 7.10. The summed E-state index contributed by atoms with van der Waals surface area (Å²) >= 11 is 1.35. The molecule has 1 aromatic rings. The van der Waals surface area contributed by atoms with Crippen LogP contribution in [0.4, 0.5) is 9.59 Å². The van der Waals surface area contributed by atoms with E-state index in [1.165, 1.54) is 11.3 Å². The van der Waals surface area contributed by atoms with E-state index in [1.54, 1.807) is 31.4 Å². The number of rotatable bonds is 3. The molecule has 0 radical (unpaired) electrons. The number of hydrogen-bond donors (Lipinski definition) is 3. The summed E-state index contributed by atoms with van der Waals surface area (Å²) in [4.78, 5) is 22.5. The highest BCUT2D eigenvalue weighted by Crippen LogP contribution is 2.40. The number of allylic oxidation sites excluding steroid dienone is 2. The van der Waals surface area contributed by atoms with Gasteiger partial charge in [-0.25, -0.2) is 9.59 Å². The lowest BCUT2D eigenvalue weighted by molar-refractivity contribution is 0.0982. The number of ether oxygens (including phenoxy) is 2. The predicted octanol–water partition coefficient (Wildman–Crippen LogP) is 3.29. The molecule has 21 heavy (non-hydrogen) atoms. The lowest BCUT2D eigenvalue weighted by Gasteiger charge is -2.28. The molecule has 0 saturated heterocycles. The number of thiophene rings is 1. The molecule has 8 heteroatoms. The molecule has 7 nitrogen and oxygen atoms in total. The van der Waals surface area contributed by atoms with Crippen LogP contribution >= 0.6 is 11.3 Å². The Morgan fingerprint density at radius 1 is 1.14 bits per heavy atom. The van der Waals surface area contributed by atoms with E-state index in [0.29, 0.717) is 11.4 Å². The standard InChI is InChI=1S/C13H13NO6S/c1-6-10(19-12(15)16)9(8-4-3-5-21-8)11(7(2)14-6)20-13(17)18/h3-5,9,14H,1-2H3,(H,15,16)(H,17,18). The second-order valence-corrected chi connectivity index (χ2v) is 5.27. The van der Waals surface area contributed by atoms with Crippen molar-refractivity contribution in [3.8, 4) is 0 Å². The molecule has 0 aliphatic carbocycles. The second-order valence-electron chi connectivity index (χ2n) is 4.29. The van der Waals surface area contributed by atoms with Gasteiger partial charge >= 0.3 is 12.3 Å². The van der Waals surface area contributed by atoms with E-state index in [9.17, 15) is 9.59 Å². The van der Waals surface area contributed by atoms with Crippen molar-refractivity contribution >= 4 is 23.6 Å². The number of dihydropyridines is 1. The normalized spacial score (nSPS) is 15.7. The fraction of sp³-hybridized carbons (Fsp3) is 0.231.